The first-order chi connectivity index (χ1) is 10.6. The molecule has 2 aromatic rings. The van der Waals surface area contributed by atoms with E-state index in [-0.39, 0.29) is 6.10 Å². The lowest BCUT2D eigenvalue weighted by atomic mass is 10.1. The molecule has 2 aromatic heterocycles. The third-order valence-corrected chi connectivity index (χ3v) is 4.93. The summed E-state index contributed by atoms with van der Waals surface area (Å²) in [5.74, 6) is 0.890. The van der Waals surface area contributed by atoms with Crippen molar-refractivity contribution in [3.05, 3.63) is 40.0 Å². The van der Waals surface area contributed by atoms with Crippen LogP contribution in [0.25, 0.3) is 0 Å². The lowest BCUT2D eigenvalue weighted by Crippen LogP contribution is -2.38. The second kappa shape index (κ2) is 6.73. The van der Waals surface area contributed by atoms with Gasteiger partial charge in [0.15, 0.2) is 5.82 Å². The Hall–Kier alpha value is -1.50. The average Bonchev–Trinajstić information content (AvgIpc) is 2.93. The predicted molar refractivity (Wildman–Crippen MR) is 89.4 cm³/mol. The minimum atomic E-state index is -0.0138. The summed E-state index contributed by atoms with van der Waals surface area (Å²) in [5, 5.41) is 2.16. The van der Waals surface area contributed by atoms with E-state index in [0.29, 0.717) is 0 Å². The molecule has 0 unspecified atom stereocenters. The molecule has 0 N–H and O–H groups in total. The van der Waals surface area contributed by atoms with Gasteiger partial charge in [-0.2, -0.15) is 0 Å². The molecule has 6 heteroatoms. The van der Waals surface area contributed by atoms with Gasteiger partial charge < -0.3 is 9.64 Å². The summed E-state index contributed by atoms with van der Waals surface area (Å²) in [6.07, 6.45) is 3.46. The number of morpholine rings is 1. The molecule has 1 saturated heterocycles. The molecule has 3 heterocycles. The van der Waals surface area contributed by atoms with Crippen molar-refractivity contribution < 1.29 is 4.74 Å². The topological polar surface area (TPSA) is 41.5 Å². The van der Waals surface area contributed by atoms with Gasteiger partial charge in [0, 0.05) is 51.0 Å². The Morgan fingerprint density at radius 3 is 2.91 bits per heavy atom. The summed E-state index contributed by atoms with van der Waals surface area (Å²) < 4.78 is 5.97. The zero-order chi connectivity index (χ0) is 15.5. The molecular weight excluding hydrogens is 296 g/mol. The first-order valence-electron chi connectivity index (χ1n) is 7.50. The van der Waals surface area contributed by atoms with Gasteiger partial charge in [-0.1, -0.05) is 0 Å². The van der Waals surface area contributed by atoms with Crippen LogP contribution in [0.2, 0.25) is 0 Å². The highest BCUT2D eigenvalue weighted by molar-refractivity contribution is 7.10. The lowest BCUT2D eigenvalue weighted by molar-refractivity contribution is -0.0346. The minimum absolute atomic E-state index is 0.0138. The van der Waals surface area contributed by atoms with Crippen LogP contribution >= 0.6 is 11.3 Å². The van der Waals surface area contributed by atoms with Crippen molar-refractivity contribution >= 4 is 17.2 Å². The van der Waals surface area contributed by atoms with E-state index in [9.17, 15) is 0 Å². The predicted octanol–water partition coefficient (Wildman–Crippen LogP) is 2.49. The molecule has 0 spiro atoms. The fraction of sp³-hybridized carbons (Fsp3) is 0.500. The fourth-order valence-corrected chi connectivity index (χ4v) is 3.64. The zero-order valence-corrected chi connectivity index (χ0v) is 14.1. The van der Waals surface area contributed by atoms with E-state index in [1.807, 2.05) is 30.3 Å². The number of nitrogens with zero attached hydrogens (tertiary/aromatic N) is 4. The van der Waals surface area contributed by atoms with E-state index >= 15 is 0 Å². The van der Waals surface area contributed by atoms with Crippen LogP contribution in [0.15, 0.2) is 23.8 Å². The van der Waals surface area contributed by atoms with Crippen LogP contribution in [0, 0.1) is 6.92 Å². The summed E-state index contributed by atoms with van der Waals surface area (Å²) in [6.45, 7) is 5.72. The van der Waals surface area contributed by atoms with Crippen molar-refractivity contribution in [2.45, 2.75) is 19.6 Å². The van der Waals surface area contributed by atoms with Crippen LogP contribution in [0.4, 0.5) is 5.82 Å². The van der Waals surface area contributed by atoms with Gasteiger partial charge in [0.1, 0.15) is 11.8 Å². The van der Waals surface area contributed by atoms with E-state index in [2.05, 4.69) is 33.2 Å². The van der Waals surface area contributed by atoms with Crippen molar-refractivity contribution in [3.63, 3.8) is 0 Å². The van der Waals surface area contributed by atoms with Crippen molar-refractivity contribution in [1.29, 1.82) is 0 Å². The number of aromatic nitrogens is 2. The Morgan fingerprint density at radius 2 is 2.18 bits per heavy atom. The smallest absolute Gasteiger partial charge is 0.152 e. The maximum Gasteiger partial charge on any atom is 0.152 e. The number of thiophene rings is 1. The molecule has 1 atom stereocenters. The molecule has 22 heavy (non-hydrogen) atoms. The number of ether oxygens (including phenoxy) is 1. The Morgan fingerprint density at radius 1 is 1.36 bits per heavy atom. The van der Waals surface area contributed by atoms with Crippen LogP contribution < -0.4 is 4.90 Å². The van der Waals surface area contributed by atoms with Gasteiger partial charge in [-0.15, -0.1) is 11.3 Å². The highest BCUT2D eigenvalue weighted by Gasteiger charge is 2.26. The maximum absolute atomic E-state index is 5.97. The van der Waals surface area contributed by atoms with Gasteiger partial charge in [0.05, 0.1) is 6.61 Å². The van der Waals surface area contributed by atoms with Crippen LogP contribution in [-0.2, 0) is 11.3 Å². The number of hydrogen-bond donors (Lipinski definition) is 0. The molecule has 0 aromatic carbocycles. The molecule has 5 nitrogen and oxygen atoms in total. The summed E-state index contributed by atoms with van der Waals surface area (Å²) in [5.41, 5.74) is 2.31. The third kappa shape index (κ3) is 3.29. The molecule has 0 saturated carbocycles. The molecule has 0 amide bonds. The van der Waals surface area contributed by atoms with Gasteiger partial charge in [0.2, 0.25) is 0 Å². The quantitative estimate of drug-likeness (QED) is 0.866. The normalized spacial score (nSPS) is 19.3. The fourth-order valence-electron chi connectivity index (χ4n) is 2.69. The number of hydrogen-bond acceptors (Lipinski definition) is 6. The van der Waals surface area contributed by atoms with Crippen LogP contribution in [0.3, 0.4) is 0 Å². The molecule has 0 radical (unpaired) electrons. The van der Waals surface area contributed by atoms with Crippen molar-refractivity contribution in [3.8, 4) is 0 Å². The third-order valence-electron chi connectivity index (χ3n) is 3.92. The van der Waals surface area contributed by atoms with Crippen molar-refractivity contribution in [2.24, 2.45) is 0 Å². The number of aryl methyl sites for hydroxylation is 1. The molecule has 1 fully saturated rings. The second-order valence-electron chi connectivity index (χ2n) is 5.78. The second-order valence-corrected chi connectivity index (χ2v) is 6.78. The van der Waals surface area contributed by atoms with E-state index in [1.54, 1.807) is 12.4 Å². The minimum Gasteiger partial charge on any atom is -0.369 e. The molecule has 1 aliphatic rings. The van der Waals surface area contributed by atoms with E-state index in [4.69, 9.17) is 4.74 Å². The van der Waals surface area contributed by atoms with Gasteiger partial charge in [-0.25, -0.2) is 4.98 Å². The summed E-state index contributed by atoms with van der Waals surface area (Å²) in [7, 11) is 3.98. The molecular formula is C16H22N4OS. The van der Waals surface area contributed by atoms with E-state index < -0.39 is 0 Å². The first-order valence-corrected chi connectivity index (χ1v) is 8.38. The highest BCUT2D eigenvalue weighted by Crippen LogP contribution is 2.28. The van der Waals surface area contributed by atoms with Gasteiger partial charge >= 0.3 is 0 Å². The Labute approximate surface area is 135 Å². The average molecular weight is 318 g/mol. The largest absolute Gasteiger partial charge is 0.369 e. The Bertz CT molecular complexity index is 628. The SMILES string of the molecule is Cc1ccsc1CN1CCO[C@H](c2nccnc2N(C)C)C1. The molecule has 118 valence electrons. The van der Waals surface area contributed by atoms with Crippen LogP contribution in [0.5, 0.6) is 0 Å². The summed E-state index contributed by atoms with van der Waals surface area (Å²) in [4.78, 5) is 14.8. The summed E-state index contributed by atoms with van der Waals surface area (Å²) in [6, 6.07) is 2.19. The maximum atomic E-state index is 5.97. The first kappa shape index (κ1) is 15.4. The molecule has 3 rings (SSSR count). The molecule has 0 bridgehead atoms. The summed E-state index contributed by atoms with van der Waals surface area (Å²) >= 11 is 1.83. The molecule has 0 aliphatic carbocycles. The van der Waals surface area contributed by atoms with Crippen molar-refractivity contribution in [2.75, 3.05) is 38.7 Å². The number of anilines is 1. The Kier molecular flexibility index (Phi) is 4.71. The molecule has 1 aliphatic heterocycles. The van der Waals surface area contributed by atoms with Gasteiger partial charge in [0.25, 0.3) is 0 Å². The van der Waals surface area contributed by atoms with Gasteiger partial charge in [-0.3, -0.25) is 9.88 Å². The monoisotopic (exact) mass is 318 g/mol. The van der Waals surface area contributed by atoms with E-state index in [0.717, 1.165) is 37.8 Å². The standard InChI is InChI=1S/C16H22N4OS/c1-12-4-9-22-14(12)11-20-7-8-21-13(10-20)15-16(19(2)3)18-6-5-17-15/h4-6,9,13H,7-8,10-11H2,1-3H3/t13-/m0/s1. The lowest BCUT2D eigenvalue weighted by Gasteiger charge is -2.33. The van der Waals surface area contributed by atoms with Crippen LogP contribution in [0.1, 0.15) is 22.2 Å². The van der Waals surface area contributed by atoms with Crippen LogP contribution in [-0.4, -0.2) is 48.7 Å². The highest BCUT2D eigenvalue weighted by atomic mass is 32.1. The number of rotatable bonds is 4. The zero-order valence-electron chi connectivity index (χ0n) is 13.3. The Balaban J connectivity index is 1.75. The van der Waals surface area contributed by atoms with E-state index in [1.165, 1.54) is 10.4 Å². The van der Waals surface area contributed by atoms with Gasteiger partial charge in [-0.05, 0) is 23.9 Å². The van der Waals surface area contributed by atoms with Crippen molar-refractivity contribution in [1.82, 2.24) is 14.9 Å².